The minimum Gasteiger partial charge on any atom is -0.481 e. The van der Waals surface area contributed by atoms with Crippen LogP contribution in [-0.4, -0.2) is 42.5 Å². The van der Waals surface area contributed by atoms with E-state index in [1.54, 1.807) is 19.4 Å². The number of nitrogens with zero attached hydrogens (tertiary/aromatic N) is 2. The number of carbonyl (C=O) groups is 1. The van der Waals surface area contributed by atoms with E-state index < -0.39 is 0 Å². The first kappa shape index (κ1) is 13.4. The molecule has 0 aromatic carbocycles. The Morgan fingerprint density at radius 1 is 1.45 bits per heavy atom. The van der Waals surface area contributed by atoms with Crippen LogP contribution in [-0.2, 0) is 4.79 Å². The van der Waals surface area contributed by atoms with Gasteiger partial charge in [-0.2, -0.15) is 0 Å². The SMILES string of the molecule is CCN1CC2CC(C1)C2C(=O)Nc1ccc(OC)nc1. The van der Waals surface area contributed by atoms with Gasteiger partial charge in [0.15, 0.2) is 0 Å². The van der Waals surface area contributed by atoms with Gasteiger partial charge in [0.25, 0.3) is 0 Å². The number of fused-ring (bicyclic) bond motifs is 2. The molecule has 1 aliphatic carbocycles. The van der Waals surface area contributed by atoms with Crippen LogP contribution in [0.3, 0.4) is 0 Å². The van der Waals surface area contributed by atoms with Gasteiger partial charge < -0.3 is 15.0 Å². The van der Waals surface area contributed by atoms with E-state index in [9.17, 15) is 4.79 Å². The average Bonchev–Trinajstić information content (AvgIpc) is 2.47. The second-order valence-electron chi connectivity index (χ2n) is 5.71. The quantitative estimate of drug-likeness (QED) is 0.907. The number of pyridine rings is 1. The van der Waals surface area contributed by atoms with Gasteiger partial charge in [-0.1, -0.05) is 6.92 Å². The Hall–Kier alpha value is -1.62. The molecular weight excluding hydrogens is 254 g/mol. The summed E-state index contributed by atoms with van der Waals surface area (Å²) in [6.45, 7) is 5.39. The van der Waals surface area contributed by atoms with Crippen molar-refractivity contribution < 1.29 is 9.53 Å². The maximum atomic E-state index is 12.4. The molecule has 0 spiro atoms. The maximum absolute atomic E-state index is 12.4. The predicted octanol–water partition coefficient (Wildman–Crippen LogP) is 1.62. The van der Waals surface area contributed by atoms with E-state index in [0.29, 0.717) is 17.7 Å². The van der Waals surface area contributed by atoms with Gasteiger partial charge in [-0.15, -0.1) is 0 Å². The summed E-state index contributed by atoms with van der Waals surface area (Å²) in [5, 5.41) is 2.98. The molecule has 108 valence electrons. The van der Waals surface area contributed by atoms with Gasteiger partial charge in [0, 0.05) is 25.1 Å². The number of hydrogen-bond donors (Lipinski definition) is 1. The summed E-state index contributed by atoms with van der Waals surface area (Å²) in [4.78, 5) is 18.9. The highest BCUT2D eigenvalue weighted by Gasteiger charge is 2.49. The molecule has 2 atom stereocenters. The number of anilines is 1. The number of carbonyl (C=O) groups excluding carboxylic acids is 1. The third-order valence-electron chi connectivity index (χ3n) is 4.57. The number of ether oxygens (including phenoxy) is 1. The van der Waals surface area contributed by atoms with Crippen molar-refractivity contribution >= 4 is 11.6 Å². The van der Waals surface area contributed by atoms with E-state index in [4.69, 9.17) is 4.74 Å². The molecule has 0 radical (unpaired) electrons. The molecule has 4 rings (SSSR count). The van der Waals surface area contributed by atoms with Crippen LogP contribution in [0.4, 0.5) is 5.69 Å². The molecular formula is C15H21N3O2. The monoisotopic (exact) mass is 275 g/mol. The van der Waals surface area contributed by atoms with Crippen molar-refractivity contribution in [2.75, 3.05) is 32.1 Å². The first-order valence-corrected chi connectivity index (χ1v) is 7.24. The second-order valence-corrected chi connectivity index (χ2v) is 5.71. The third kappa shape index (κ3) is 2.38. The van der Waals surface area contributed by atoms with Crippen LogP contribution in [0.5, 0.6) is 5.88 Å². The number of methoxy groups -OCH3 is 1. The molecule has 1 saturated carbocycles. The Morgan fingerprint density at radius 3 is 2.75 bits per heavy atom. The van der Waals surface area contributed by atoms with Crippen molar-refractivity contribution in [3.05, 3.63) is 18.3 Å². The molecule has 2 saturated heterocycles. The summed E-state index contributed by atoms with van der Waals surface area (Å²) >= 11 is 0. The zero-order chi connectivity index (χ0) is 14.1. The molecule has 5 nitrogen and oxygen atoms in total. The molecule has 2 aliphatic heterocycles. The van der Waals surface area contributed by atoms with Crippen molar-refractivity contribution in [3.63, 3.8) is 0 Å². The Labute approximate surface area is 119 Å². The van der Waals surface area contributed by atoms with E-state index in [2.05, 4.69) is 22.1 Å². The Balaban J connectivity index is 1.60. The first-order valence-electron chi connectivity index (χ1n) is 7.24. The molecule has 5 heteroatoms. The number of nitrogens with one attached hydrogen (secondary N) is 1. The lowest BCUT2D eigenvalue weighted by Crippen LogP contribution is -2.58. The van der Waals surface area contributed by atoms with E-state index >= 15 is 0 Å². The van der Waals surface area contributed by atoms with Crippen LogP contribution in [0.25, 0.3) is 0 Å². The fourth-order valence-corrected chi connectivity index (χ4v) is 3.47. The summed E-state index contributed by atoms with van der Waals surface area (Å²) in [7, 11) is 1.58. The van der Waals surface area contributed by atoms with Crippen molar-refractivity contribution in [2.45, 2.75) is 13.3 Å². The Morgan fingerprint density at radius 2 is 2.20 bits per heavy atom. The third-order valence-corrected chi connectivity index (χ3v) is 4.57. The summed E-state index contributed by atoms with van der Waals surface area (Å²) in [6, 6.07) is 3.59. The van der Waals surface area contributed by atoms with Crippen molar-refractivity contribution in [3.8, 4) is 5.88 Å². The van der Waals surface area contributed by atoms with E-state index in [1.807, 2.05) is 6.07 Å². The van der Waals surface area contributed by atoms with Crippen molar-refractivity contribution in [1.29, 1.82) is 0 Å². The minimum absolute atomic E-state index is 0.147. The minimum atomic E-state index is 0.147. The molecule has 1 aromatic heterocycles. The van der Waals surface area contributed by atoms with Crippen LogP contribution in [0.1, 0.15) is 13.3 Å². The molecule has 3 fully saturated rings. The van der Waals surface area contributed by atoms with Gasteiger partial charge in [-0.05, 0) is 30.9 Å². The molecule has 1 amide bonds. The summed E-state index contributed by atoms with van der Waals surface area (Å²) in [5.41, 5.74) is 0.744. The number of amides is 1. The van der Waals surface area contributed by atoms with Crippen LogP contribution < -0.4 is 10.1 Å². The molecule has 2 bridgehead atoms. The summed E-state index contributed by atoms with van der Waals surface area (Å²) in [5.74, 6) is 1.94. The molecule has 2 unspecified atom stereocenters. The molecule has 1 N–H and O–H groups in total. The van der Waals surface area contributed by atoms with Gasteiger partial charge >= 0.3 is 0 Å². The number of aromatic nitrogens is 1. The predicted molar refractivity (Wildman–Crippen MR) is 76.6 cm³/mol. The Bertz CT molecular complexity index is 476. The van der Waals surface area contributed by atoms with Crippen molar-refractivity contribution in [1.82, 2.24) is 9.88 Å². The van der Waals surface area contributed by atoms with Crippen molar-refractivity contribution in [2.24, 2.45) is 17.8 Å². The number of rotatable bonds is 4. The highest BCUT2D eigenvalue weighted by Crippen LogP contribution is 2.45. The summed E-state index contributed by atoms with van der Waals surface area (Å²) < 4.78 is 5.01. The molecule has 1 aromatic rings. The summed E-state index contributed by atoms with van der Waals surface area (Å²) in [6.07, 6.45) is 2.85. The standard InChI is InChI=1S/C15H21N3O2/c1-3-18-8-10-6-11(9-18)14(10)15(19)17-12-4-5-13(20-2)16-7-12/h4-5,7,10-11,14H,3,6,8-9H2,1-2H3,(H,17,19). The van der Waals surface area contributed by atoms with E-state index in [1.165, 1.54) is 6.42 Å². The number of piperidine rings is 2. The second kappa shape index (κ2) is 5.40. The maximum Gasteiger partial charge on any atom is 0.228 e. The zero-order valence-corrected chi connectivity index (χ0v) is 12.0. The smallest absolute Gasteiger partial charge is 0.228 e. The van der Waals surface area contributed by atoms with Crippen LogP contribution in [0, 0.1) is 17.8 Å². The average molecular weight is 275 g/mol. The van der Waals surface area contributed by atoms with Gasteiger partial charge in [0.2, 0.25) is 11.8 Å². The largest absolute Gasteiger partial charge is 0.481 e. The van der Waals surface area contributed by atoms with Gasteiger partial charge in [0.1, 0.15) is 0 Å². The van der Waals surface area contributed by atoms with Gasteiger partial charge in [-0.25, -0.2) is 4.98 Å². The van der Waals surface area contributed by atoms with Crippen LogP contribution >= 0.6 is 0 Å². The fraction of sp³-hybridized carbons (Fsp3) is 0.600. The number of hydrogen-bond acceptors (Lipinski definition) is 4. The van der Waals surface area contributed by atoms with Gasteiger partial charge in [-0.3, -0.25) is 4.79 Å². The topological polar surface area (TPSA) is 54.5 Å². The molecule has 3 aliphatic rings. The van der Waals surface area contributed by atoms with Gasteiger partial charge in [0.05, 0.1) is 19.0 Å². The first-order chi connectivity index (χ1) is 9.71. The zero-order valence-electron chi connectivity index (χ0n) is 12.0. The van der Waals surface area contributed by atoms with Crippen LogP contribution in [0.15, 0.2) is 18.3 Å². The lowest BCUT2D eigenvalue weighted by Gasteiger charge is -2.52. The van der Waals surface area contributed by atoms with E-state index in [-0.39, 0.29) is 11.8 Å². The molecule has 20 heavy (non-hydrogen) atoms. The fourth-order valence-electron chi connectivity index (χ4n) is 3.47. The lowest BCUT2D eigenvalue weighted by molar-refractivity contribution is -0.135. The molecule has 3 heterocycles. The lowest BCUT2D eigenvalue weighted by atomic mass is 9.61. The Kier molecular flexibility index (Phi) is 3.61. The van der Waals surface area contributed by atoms with E-state index in [0.717, 1.165) is 25.3 Å². The normalized spacial score (nSPS) is 28.6. The highest BCUT2D eigenvalue weighted by molar-refractivity contribution is 5.93. The highest BCUT2D eigenvalue weighted by atomic mass is 16.5. The van der Waals surface area contributed by atoms with Crippen LogP contribution in [0.2, 0.25) is 0 Å².